The summed E-state index contributed by atoms with van der Waals surface area (Å²) in [4.78, 5) is 15.2. The van der Waals surface area contributed by atoms with E-state index in [1.54, 1.807) is 12.1 Å². The van der Waals surface area contributed by atoms with E-state index in [0.29, 0.717) is 24.7 Å². The molecule has 80 valence electrons. The number of pyridine rings is 1. The van der Waals surface area contributed by atoms with Crippen molar-refractivity contribution in [1.29, 1.82) is 0 Å². The largest absolute Gasteiger partial charge is 0.469 e. The number of esters is 1. The van der Waals surface area contributed by atoms with Crippen molar-refractivity contribution in [1.82, 2.24) is 4.98 Å². The zero-order chi connectivity index (χ0) is 10.7. The molecule has 1 aromatic rings. The van der Waals surface area contributed by atoms with Gasteiger partial charge in [-0.1, -0.05) is 0 Å². The van der Waals surface area contributed by atoms with Crippen LogP contribution in [-0.4, -0.2) is 37.4 Å². The van der Waals surface area contributed by atoms with Gasteiger partial charge in [-0.2, -0.15) is 0 Å². The van der Waals surface area contributed by atoms with E-state index in [4.69, 9.17) is 9.47 Å². The highest BCUT2D eigenvalue weighted by atomic mass is 16.6. The second-order valence-electron chi connectivity index (χ2n) is 3.15. The minimum Gasteiger partial charge on any atom is -0.469 e. The molecule has 2 heterocycles. The summed E-state index contributed by atoms with van der Waals surface area (Å²) in [5, 5.41) is 0. The van der Waals surface area contributed by atoms with E-state index < -0.39 is 5.97 Å². The lowest BCUT2D eigenvalue weighted by Gasteiger charge is -2.26. The van der Waals surface area contributed by atoms with Crippen LogP contribution in [0.2, 0.25) is 0 Å². The number of aromatic nitrogens is 1. The molecule has 0 aliphatic carbocycles. The Morgan fingerprint density at radius 2 is 2.40 bits per heavy atom. The molecular weight excluding hydrogens is 198 g/mol. The Bertz CT molecular complexity index is 362. The fourth-order valence-corrected chi connectivity index (χ4v) is 1.17. The number of nitrogens with zero attached hydrogens (tertiary/aromatic N) is 1. The molecule has 2 rings (SSSR count). The maximum absolute atomic E-state index is 11.2. The third kappa shape index (κ3) is 2.24. The van der Waals surface area contributed by atoms with Crippen LogP contribution >= 0.6 is 0 Å². The topological polar surface area (TPSA) is 57.7 Å². The summed E-state index contributed by atoms with van der Waals surface area (Å²) in [6, 6.07) is 3.14. The number of hydrogen-bond acceptors (Lipinski definition) is 5. The lowest BCUT2D eigenvalue weighted by molar-refractivity contribution is -0.0813. The van der Waals surface area contributed by atoms with E-state index in [0.717, 1.165) is 0 Å². The van der Waals surface area contributed by atoms with Crippen LogP contribution in [0.25, 0.3) is 0 Å². The summed E-state index contributed by atoms with van der Waals surface area (Å²) in [5.41, 5.74) is 0.433. The van der Waals surface area contributed by atoms with E-state index >= 15 is 0 Å². The molecule has 5 nitrogen and oxygen atoms in total. The minimum atomic E-state index is -0.396. The van der Waals surface area contributed by atoms with Gasteiger partial charge in [0.2, 0.25) is 5.88 Å². The van der Waals surface area contributed by atoms with Crippen molar-refractivity contribution in [3.8, 4) is 5.88 Å². The molecular formula is C10H11NO4. The van der Waals surface area contributed by atoms with Gasteiger partial charge in [0, 0.05) is 12.3 Å². The van der Waals surface area contributed by atoms with Crippen molar-refractivity contribution in [2.45, 2.75) is 6.10 Å². The number of ether oxygens (including phenoxy) is 3. The number of carbonyl (C=O) groups is 1. The van der Waals surface area contributed by atoms with Gasteiger partial charge in [-0.3, -0.25) is 0 Å². The third-order valence-corrected chi connectivity index (χ3v) is 2.05. The first-order valence-electron chi connectivity index (χ1n) is 4.58. The average molecular weight is 209 g/mol. The molecule has 1 saturated heterocycles. The van der Waals surface area contributed by atoms with E-state index in [1.807, 2.05) is 0 Å². The van der Waals surface area contributed by atoms with E-state index in [-0.39, 0.29) is 6.10 Å². The van der Waals surface area contributed by atoms with Gasteiger partial charge in [-0.25, -0.2) is 9.78 Å². The van der Waals surface area contributed by atoms with Crippen LogP contribution in [0.5, 0.6) is 5.88 Å². The van der Waals surface area contributed by atoms with Gasteiger partial charge in [0.1, 0.15) is 6.10 Å². The number of hydrogen-bond donors (Lipinski definition) is 0. The van der Waals surface area contributed by atoms with Crippen LogP contribution < -0.4 is 4.74 Å². The highest BCUT2D eigenvalue weighted by Crippen LogP contribution is 2.15. The smallest absolute Gasteiger partial charge is 0.338 e. The molecule has 0 amide bonds. The van der Waals surface area contributed by atoms with Crippen molar-refractivity contribution in [2.24, 2.45) is 0 Å². The number of rotatable bonds is 3. The minimum absolute atomic E-state index is 0.0467. The van der Waals surface area contributed by atoms with Crippen molar-refractivity contribution in [3.63, 3.8) is 0 Å². The quantitative estimate of drug-likeness (QED) is 0.684. The standard InChI is InChI=1S/C10H11NO4/c1-13-10(12)7-2-3-11-9(4-7)15-8-5-14-6-8/h2-4,8H,5-6H2,1H3. The first kappa shape index (κ1) is 9.92. The monoisotopic (exact) mass is 209 g/mol. The second-order valence-corrected chi connectivity index (χ2v) is 3.15. The normalized spacial score (nSPS) is 15.5. The molecule has 1 aromatic heterocycles. The first-order chi connectivity index (χ1) is 7.29. The lowest BCUT2D eigenvalue weighted by Crippen LogP contribution is -2.38. The Morgan fingerprint density at radius 3 is 3.00 bits per heavy atom. The maximum Gasteiger partial charge on any atom is 0.338 e. The van der Waals surface area contributed by atoms with Crippen molar-refractivity contribution < 1.29 is 19.0 Å². The van der Waals surface area contributed by atoms with Gasteiger partial charge in [-0.05, 0) is 6.07 Å². The third-order valence-electron chi connectivity index (χ3n) is 2.05. The Kier molecular flexibility index (Phi) is 2.82. The molecule has 0 atom stereocenters. The summed E-state index contributed by atoms with van der Waals surface area (Å²) in [5.74, 6) is 0.0262. The van der Waals surface area contributed by atoms with Crippen LogP contribution in [0.4, 0.5) is 0 Å². The molecule has 15 heavy (non-hydrogen) atoms. The maximum atomic E-state index is 11.2. The molecule has 0 bridgehead atoms. The summed E-state index contributed by atoms with van der Waals surface area (Å²) < 4.78 is 15.0. The molecule has 1 aliphatic heterocycles. The Labute approximate surface area is 87.0 Å². The van der Waals surface area contributed by atoms with Crippen LogP contribution in [0, 0.1) is 0 Å². The molecule has 0 spiro atoms. The summed E-state index contributed by atoms with van der Waals surface area (Å²) in [7, 11) is 1.34. The van der Waals surface area contributed by atoms with Gasteiger partial charge in [0.15, 0.2) is 0 Å². The Balaban J connectivity index is 2.07. The average Bonchev–Trinajstić information content (AvgIpc) is 2.23. The first-order valence-corrected chi connectivity index (χ1v) is 4.58. The zero-order valence-electron chi connectivity index (χ0n) is 8.30. The molecule has 0 aromatic carbocycles. The predicted molar refractivity (Wildman–Crippen MR) is 50.8 cm³/mol. The van der Waals surface area contributed by atoms with Gasteiger partial charge >= 0.3 is 5.97 Å². The molecule has 5 heteroatoms. The Hall–Kier alpha value is -1.62. The second kappa shape index (κ2) is 4.27. The number of carbonyl (C=O) groups excluding carboxylic acids is 1. The Morgan fingerprint density at radius 1 is 1.60 bits per heavy atom. The van der Waals surface area contributed by atoms with Crippen LogP contribution in [-0.2, 0) is 9.47 Å². The summed E-state index contributed by atoms with van der Waals surface area (Å²) in [6.07, 6.45) is 1.56. The SMILES string of the molecule is COC(=O)c1ccnc(OC2COC2)c1. The van der Waals surface area contributed by atoms with Crippen LogP contribution in [0.15, 0.2) is 18.3 Å². The predicted octanol–water partition coefficient (Wildman–Crippen LogP) is 0.646. The highest BCUT2D eigenvalue weighted by Gasteiger charge is 2.21. The fourth-order valence-electron chi connectivity index (χ4n) is 1.17. The van der Waals surface area contributed by atoms with Gasteiger partial charge < -0.3 is 14.2 Å². The molecule has 0 saturated carbocycles. The van der Waals surface area contributed by atoms with Crippen molar-refractivity contribution >= 4 is 5.97 Å². The van der Waals surface area contributed by atoms with Crippen molar-refractivity contribution in [2.75, 3.05) is 20.3 Å². The lowest BCUT2D eigenvalue weighted by atomic mass is 10.2. The molecule has 1 fully saturated rings. The zero-order valence-corrected chi connectivity index (χ0v) is 8.30. The van der Waals surface area contributed by atoms with Crippen LogP contribution in [0.3, 0.4) is 0 Å². The molecule has 1 aliphatic rings. The number of methoxy groups -OCH3 is 1. The van der Waals surface area contributed by atoms with Gasteiger partial charge in [0.05, 0.1) is 25.9 Å². The van der Waals surface area contributed by atoms with Gasteiger partial charge in [0.25, 0.3) is 0 Å². The fraction of sp³-hybridized carbons (Fsp3) is 0.400. The molecule has 0 unspecified atom stereocenters. The van der Waals surface area contributed by atoms with Crippen molar-refractivity contribution in [3.05, 3.63) is 23.9 Å². The summed E-state index contributed by atoms with van der Waals surface area (Å²) in [6.45, 7) is 1.15. The van der Waals surface area contributed by atoms with Gasteiger partial charge in [-0.15, -0.1) is 0 Å². The summed E-state index contributed by atoms with van der Waals surface area (Å²) >= 11 is 0. The van der Waals surface area contributed by atoms with E-state index in [2.05, 4.69) is 9.72 Å². The van der Waals surface area contributed by atoms with Crippen LogP contribution in [0.1, 0.15) is 10.4 Å². The van der Waals surface area contributed by atoms with E-state index in [1.165, 1.54) is 13.3 Å². The highest BCUT2D eigenvalue weighted by molar-refractivity contribution is 5.89. The van der Waals surface area contributed by atoms with E-state index in [9.17, 15) is 4.79 Å². The molecule has 0 N–H and O–H groups in total. The molecule has 0 radical (unpaired) electrons.